The van der Waals surface area contributed by atoms with Gasteiger partial charge in [-0.25, -0.2) is 4.39 Å². The Balaban J connectivity index is 0.000000207. The number of phenols is 1. The van der Waals surface area contributed by atoms with Crippen molar-refractivity contribution in [2.45, 2.75) is 19.8 Å². The van der Waals surface area contributed by atoms with Crippen LogP contribution >= 0.6 is 0 Å². The summed E-state index contributed by atoms with van der Waals surface area (Å²) < 4.78 is 12.6. The minimum Gasteiger partial charge on any atom is -0.508 e. The van der Waals surface area contributed by atoms with Crippen LogP contribution in [0.3, 0.4) is 0 Å². The molecule has 0 bridgehead atoms. The van der Waals surface area contributed by atoms with E-state index in [1.807, 2.05) is 0 Å². The van der Waals surface area contributed by atoms with Crippen molar-refractivity contribution in [3.8, 4) is 5.75 Å². The zero-order valence-corrected chi connectivity index (χ0v) is 14.7. The average Bonchev–Trinajstić information content (AvgIpc) is 2.86. The van der Waals surface area contributed by atoms with Gasteiger partial charge in [-0.1, -0.05) is 6.07 Å². The van der Waals surface area contributed by atoms with Gasteiger partial charge in [0.2, 0.25) is 0 Å². The number of carbonyl (C=O) groups is 4. The van der Waals surface area contributed by atoms with Crippen LogP contribution in [0, 0.1) is 12.7 Å². The maximum absolute atomic E-state index is 12.6. The summed E-state index contributed by atoms with van der Waals surface area (Å²) >= 11 is 0. The van der Waals surface area contributed by atoms with E-state index >= 15 is 0 Å². The highest BCUT2D eigenvalue weighted by Crippen LogP contribution is 2.24. The van der Waals surface area contributed by atoms with E-state index in [4.69, 9.17) is 10.2 Å². The predicted molar refractivity (Wildman–Crippen MR) is 94.9 cm³/mol. The molecule has 8 nitrogen and oxygen atoms in total. The summed E-state index contributed by atoms with van der Waals surface area (Å²) in [6.45, 7) is 1.68. The van der Waals surface area contributed by atoms with Crippen LogP contribution in [0.25, 0.3) is 0 Å². The van der Waals surface area contributed by atoms with Crippen molar-refractivity contribution in [1.82, 2.24) is 0 Å². The zero-order valence-electron chi connectivity index (χ0n) is 14.7. The normalized spacial score (nSPS) is 11.9. The summed E-state index contributed by atoms with van der Waals surface area (Å²) in [6, 6.07) is 6.42. The van der Waals surface area contributed by atoms with Crippen molar-refractivity contribution in [2.75, 3.05) is 5.32 Å². The second-order valence-corrected chi connectivity index (χ2v) is 6.02. The number of anilines is 1. The molecule has 0 atom stereocenters. The zero-order chi connectivity index (χ0) is 21.0. The van der Waals surface area contributed by atoms with Gasteiger partial charge in [-0.15, -0.1) is 0 Å². The van der Waals surface area contributed by atoms with Gasteiger partial charge in [0, 0.05) is 5.56 Å². The fourth-order valence-electron chi connectivity index (χ4n) is 2.57. The monoisotopic (exact) mass is 389 g/mol. The molecule has 1 aliphatic rings. The van der Waals surface area contributed by atoms with Crippen molar-refractivity contribution in [3.05, 3.63) is 58.4 Å². The Kier molecular flexibility index (Phi) is 6.09. The number of ketones is 1. The molecule has 2 aromatic carbocycles. The Morgan fingerprint density at radius 2 is 1.61 bits per heavy atom. The highest BCUT2D eigenvalue weighted by Gasteiger charge is 2.27. The second-order valence-electron chi connectivity index (χ2n) is 6.02. The lowest BCUT2D eigenvalue weighted by Gasteiger charge is -2.08. The molecule has 0 saturated heterocycles. The lowest BCUT2D eigenvalue weighted by Crippen LogP contribution is -2.12. The number of fused-ring (bicyclic) bond motifs is 1. The molecule has 28 heavy (non-hydrogen) atoms. The number of aromatic hydroxyl groups is 1. The van der Waals surface area contributed by atoms with Crippen LogP contribution in [0.5, 0.6) is 5.75 Å². The largest absolute Gasteiger partial charge is 0.508 e. The van der Waals surface area contributed by atoms with Gasteiger partial charge in [-0.2, -0.15) is 0 Å². The highest BCUT2D eigenvalue weighted by atomic mass is 19.1. The van der Waals surface area contributed by atoms with Gasteiger partial charge in [0.15, 0.2) is 0 Å². The molecule has 0 spiro atoms. The molecule has 4 N–H and O–H groups in total. The lowest BCUT2D eigenvalue weighted by atomic mass is 10.00. The van der Waals surface area contributed by atoms with Gasteiger partial charge in [0.1, 0.15) is 11.6 Å². The van der Waals surface area contributed by atoms with Gasteiger partial charge < -0.3 is 20.6 Å². The van der Waals surface area contributed by atoms with E-state index in [9.17, 15) is 28.7 Å². The van der Waals surface area contributed by atoms with Crippen LogP contribution in [-0.2, 0) is 27.2 Å². The number of carboxylic acids is 2. The van der Waals surface area contributed by atoms with Crippen molar-refractivity contribution in [3.63, 3.8) is 0 Å². The number of rotatable bonds is 4. The first-order chi connectivity index (χ1) is 13.1. The molecule has 1 heterocycles. The molecule has 0 radical (unpaired) electrons. The Morgan fingerprint density at radius 3 is 2.21 bits per heavy atom. The highest BCUT2D eigenvalue weighted by molar-refractivity contribution is 6.51. The number of carbonyl (C=O) groups excluding carboxylic acids is 2. The molecule has 9 heteroatoms. The van der Waals surface area contributed by atoms with E-state index < -0.39 is 29.4 Å². The van der Waals surface area contributed by atoms with Crippen molar-refractivity contribution >= 4 is 29.3 Å². The molecular weight excluding hydrogens is 373 g/mol. The Bertz CT molecular complexity index is 943. The van der Waals surface area contributed by atoms with Crippen LogP contribution in [0.1, 0.15) is 27.0 Å². The molecule has 0 saturated carbocycles. The van der Waals surface area contributed by atoms with Crippen molar-refractivity contribution in [1.29, 1.82) is 0 Å². The SMILES string of the molecule is Cc1cc(CC(=O)O)c(O)cc1CC(=O)O.O=C1Nc2ccc(F)cc2C1=O. The molecule has 0 aliphatic carbocycles. The van der Waals surface area contributed by atoms with E-state index in [0.29, 0.717) is 22.4 Å². The number of aliphatic carboxylic acids is 2. The fourth-order valence-corrected chi connectivity index (χ4v) is 2.57. The minimum atomic E-state index is -1.04. The molecule has 1 amide bonds. The maximum Gasteiger partial charge on any atom is 0.307 e. The molecule has 1 aliphatic heterocycles. The molecule has 146 valence electrons. The minimum absolute atomic E-state index is 0.111. The summed E-state index contributed by atoms with van der Waals surface area (Å²) in [5.41, 5.74) is 1.93. The third kappa shape index (κ3) is 4.91. The number of amides is 1. The van der Waals surface area contributed by atoms with E-state index in [1.54, 1.807) is 6.92 Å². The molecular formula is C19H16FNO7. The summed E-state index contributed by atoms with van der Waals surface area (Å²) in [4.78, 5) is 42.7. The molecule has 0 fully saturated rings. The smallest absolute Gasteiger partial charge is 0.307 e. The first-order valence-electron chi connectivity index (χ1n) is 7.98. The number of carboxylic acid groups (broad SMARTS) is 2. The van der Waals surface area contributed by atoms with Gasteiger partial charge >= 0.3 is 11.9 Å². The van der Waals surface area contributed by atoms with Crippen LogP contribution in [0.15, 0.2) is 30.3 Å². The molecule has 3 rings (SSSR count). The van der Waals surface area contributed by atoms with Gasteiger partial charge in [0.25, 0.3) is 11.7 Å². The van der Waals surface area contributed by atoms with Crippen molar-refractivity contribution in [2.24, 2.45) is 0 Å². The average molecular weight is 389 g/mol. The molecule has 0 unspecified atom stereocenters. The Hall–Kier alpha value is -3.75. The number of hydrogen-bond acceptors (Lipinski definition) is 5. The Labute approximate surface area is 158 Å². The molecule has 0 aromatic heterocycles. The standard InChI is InChI=1S/C11H12O5.C8H4FNO2/c1-6-2-8(5-11(15)16)9(12)3-7(6)4-10(13)14;9-4-1-2-6-5(3-4)7(11)8(12)10-6/h2-3,12H,4-5H2,1H3,(H,13,14)(H,15,16);1-3H,(H,10,11,12). The quantitative estimate of drug-likeness (QED) is 0.585. The summed E-state index contributed by atoms with van der Waals surface area (Å²) in [7, 11) is 0. The van der Waals surface area contributed by atoms with E-state index in [0.717, 1.165) is 6.07 Å². The number of halogens is 1. The molecule has 2 aromatic rings. The van der Waals surface area contributed by atoms with Gasteiger partial charge in [-0.05, 0) is 42.3 Å². The third-order valence-electron chi connectivity index (χ3n) is 3.90. The van der Waals surface area contributed by atoms with Crippen LogP contribution in [-0.4, -0.2) is 38.9 Å². The summed E-state index contributed by atoms with van der Waals surface area (Å²) in [6.07, 6.45) is -0.466. The number of aryl methyl sites for hydroxylation is 1. The number of nitrogens with one attached hydrogen (secondary N) is 1. The maximum atomic E-state index is 12.6. The van der Waals surface area contributed by atoms with Crippen LogP contribution in [0.2, 0.25) is 0 Å². The Morgan fingerprint density at radius 1 is 1.00 bits per heavy atom. The number of hydrogen-bond donors (Lipinski definition) is 4. The number of Topliss-reactive ketones (excluding diaryl/α,β-unsaturated/α-hetero) is 1. The first kappa shape index (κ1) is 20.6. The number of phenolic OH excluding ortho intramolecular Hbond substituents is 1. The summed E-state index contributed by atoms with van der Waals surface area (Å²) in [5, 5.41) is 29.1. The number of benzene rings is 2. The first-order valence-corrected chi connectivity index (χ1v) is 7.98. The second kappa shape index (κ2) is 8.30. The van der Waals surface area contributed by atoms with Crippen molar-refractivity contribution < 1.29 is 38.9 Å². The van der Waals surface area contributed by atoms with E-state index in [-0.39, 0.29) is 24.2 Å². The van der Waals surface area contributed by atoms with Gasteiger partial charge in [-0.3, -0.25) is 19.2 Å². The van der Waals surface area contributed by atoms with Crippen LogP contribution < -0.4 is 5.32 Å². The lowest BCUT2D eigenvalue weighted by molar-refractivity contribution is -0.137. The van der Waals surface area contributed by atoms with Gasteiger partial charge in [0.05, 0.1) is 24.1 Å². The topological polar surface area (TPSA) is 141 Å². The fraction of sp³-hybridized carbons (Fsp3) is 0.158. The third-order valence-corrected chi connectivity index (χ3v) is 3.90. The van der Waals surface area contributed by atoms with Crippen LogP contribution in [0.4, 0.5) is 10.1 Å². The van der Waals surface area contributed by atoms with E-state index in [1.165, 1.54) is 24.3 Å². The predicted octanol–water partition coefficient (Wildman–Crippen LogP) is 1.92. The van der Waals surface area contributed by atoms with E-state index in [2.05, 4.69) is 5.32 Å². The summed E-state index contributed by atoms with van der Waals surface area (Å²) in [5.74, 6) is -4.10.